The molecule has 0 aliphatic carbocycles. The van der Waals surface area contributed by atoms with Gasteiger partial charge in [-0.1, -0.05) is 12.1 Å². The zero-order chi connectivity index (χ0) is 18.1. The second-order valence-electron chi connectivity index (χ2n) is 6.53. The molecule has 1 aliphatic heterocycles. The largest absolute Gasteiger partial charge is 0.465 e. The van der Waals surface area contributed by atoms with Gasteiger partial charge < -0.3 is 9.64 Å². The summed E-state index contributed by atoms with van der Waals surface area (Å²) in [6, 6.07) is 7.52. The first kappa shape index (κ1) is 16.5. The van der Waals surface area contributed by atoms with Gasteiger partial charge in [-0.05, 0) is 37.5 Å². The van der Waals surface area contributed by atoms with Crippen LogP contribution in [0.2, 0.25) is 0 Å². The van der Waals surface area contributed by atoms with E-state index in [4.69, 9.17) is 4.74 Å². The Morgan fingerprint density at radius 2 is 1.92 bits per heavy atom. The minimum atomic E-state index is -0.323. The van der Waals surface area contributed by atoms with Crippen molar-refractivity contribution in [2.45, 2.75) is 26.2 Å². The van der Waals surface area contributed by atoms with Gasteiger partial charge in [-0.3, -0.25) is 0 Å². The highest BCUT2D eigenvalue weighted by molar-refractivity contribution is 5.89. The number of aryl methyl sites for hydroxylation is 1. The van der Waals surface area contributed by atoms with Crippen LogP contribution in [0.15, 0.2) is 30.6 Å². The molecule has 1 fully saturated rings. The van der Waals surface area contributed by atoms with Gasteiger partial charge in [0, 0.05) is 30.8 Å². The number of carbonyl (C=O) groups is 1. The van der Waals surface area contributed by atoms with Crippen LogP contribution in [0.25, 0.3) is 5.78 Å². The van der Waals surface area contributed by atoms with Crippen LogP contribution < -0.4 is 4.90 Å². The van der Waals surface area contributed by atoms with Gasteiger partial charge in [0.25, 0.3) is 5.78 Å². The summed E-state index contributed by atoms with van der Waals surface area (Å²) in [6.07, 6.45) is 4.65. The molecule has 0 bridgehead atoms. The fourth-order valence-electron chi connectivity index (χ4n) is 3.51. The van der Waals surface area contributed by atoms with E-state index in [1.807, 2.05) is 23.6 Å². The van der Waals surface area contributed by atoms with Crippen molar-refractivity contribution in [2.75, 3.05) is 25.1 Å². The Morgan fingerprint density at radius 1 is 1.19 bits per heavy atom. The lowest BCUT2D eigenvalue weighted by atomic mass is 10.0. The minimum absolute atomic E-state index is 0.323. The summed E-state index contributed by atoms with van der Waals surface area (Å²) in [5.41, 5.74) is 3.78. The van der Waals surface area contributed by atoms with Crippen LogP contribution in [0.4, 0.5) is 5.82 Å². The third-order valence-corrected chi connectivity index (χ3v) is 4.87. The lowest BCUT2D eigenvalue weighted by Gasteiger charge is -2.23. The number of aromatic nitrogens is 4. The van der Waals surface area contributed by atoms with E-state index in [1.165, 1.54) is 20.0 Å². The van der Waals surface area contributed by atoms with Crippen molar-refractivity contribution in [1.29, 1.82) is 0 Å². The third-order valence-electron chi connectivity index (χ3n) is 4.87. The first-order valence-corrected chi connectivity index (χ1v) is 8.79. The van der Waals surface area contributed by atoms with Gasteiger partial charge in [0.15, 0.2) is 0 Å². The monoisotopic (exact) mass is 351 g/mol. The Kier molecular flexibility index (Phi) is 4.28. The zero-order valence-electron chi connectivity index (χ0n) is 15.0. The molecule has 0 spiro atoms. The molecule has 0 atom stereocenters. The number of ether oxygens (including phenoxy) is 1. The fraction of sp³-hybridized carbons (Fsp3) is 0.368. The van der Waals surface area contributed by atoms with Gasteiger partial charge in [0.1, 0.15) is 12.1 Å². The molecule has 3 aromatic rings. The van der Waals surface area contributed by atoms with E-state index in [0.29, 0.717) is 11.3 Å². The highest BCUT2D eigenvalue weighted by atomic mass is 16.5. The molecule has 0 saturated carbocycles. The van der Waals surface area contributed by atoms with Crippen molar-refractivity contribution in [1.82, 2.24) is 19.6 Å². The van der Waals surface area contributed by atoms with E-state index in [2.05, 4.69) is 20.0 Å². The number of nitrogens with zero attached hydrogens (tertiary/aromatic N) is 5. The van der Waals surface area contributed by atoms with Crippen LogP contribution in [0.3, 0.4) is 0 Å². The van der Waals surface area contributed by atoms with Crippen molar-refractivity contribution >= 4 is 17.6 Å². The minimum Gasteiger partial charge on any atom is -0.465 e. The van der Waals surface area contributed by atoms with Gasteiger partial charge in [0.05, 0.1) is 12.7 Å². The molecule has 4 rings (SSSR count). The molecule has 0 radical (unpaired) electrons. The molecule has 0 N–H and O–H groups in total. The number of benzene rings is 1. The number of methoxy groups -OCH3 is 1. The molecule has 0 unspecified atom stereocenters. The Balaban J connectivity index is 1.74. The quantitative estimate of drug-likeness (QED) is 0.672. The van der Waals surface area contributed by atoms with Crippen LogP contribution in [-0.4, -0.2) is 45.8 Å². The number of hydrogen-bond acceptors (Lipinski definition) is 6. The van der Waals surface area contributed by atoms with Gasteiger partial charge in [-0.25, -0.2) is 9.78 Å². The number of rotatable bonds is 4. The van der Waals surface area contributed by atoms with E-state index in [0.717, 1.165) is 42.1 Å². The highest BCUT2D eigenvalue weighted by Gasteiger charge is 2.22. The second kappa shape index (κ2) is 6.74. The second-order valence-corrected chi connectivity index (χ2v) is 6.53. The Morgan fingerprint density at radius 3 is 2.62 bits per heavy atom. The molecule has 134 valence electrons. The molecule has 1 saturated heterocycles. The first-order chi connectivity index (χ1) is 12.7. The summed E-state index contributed by atoms with van der Waals surface area (Å²) < 4.78 is 6.61. The summed E-state index contributed by atoms with van der Waals surface area (Å²) in [6.45, 7) is 4.06. The van der Waals surface area contributed by atoms with Crippen molar-refractivity contribution < 1.29 is 9.53 Å². The zero-order valence-corrected chi connectivity index (χ0v) is 15.0. The van der Waals surface area contributed by atoms with E-state index < -0.39 is 0 Å². The molecule has 0 amide bonds. The summed E-state index contributed by atoms with van der Waals surface area (Å²) in [7, 11) is 1.39. The number of carbonyl (C=O) groups excluding carboxylic acids is 1. The summed E-state index contributed by atoms with van der Waals surface area (Å²) in [4.78, 5) is 22.9. The van der Waals surface area contributed by atoms with Crippen molar-refractivity contribution in [3.63, 3.8) is 0 Å². The van der Waals surface area contributed by atoms with Crippen LogP contribution in [-0.2, 0) is 11.2 Å². The highest BCUT2D eigenvalue weighted by Crippen LogP contribution is 2.28. The van der Waals surface area contributed by atoms with Crippen LogP contribution in [0.1, 0.15) is 40.0 Å². The summed E-state index contributed by atoms with van der Waals surface area (Å²) in [5.74, 6) is 1.39. The lowest BCUT2D eigenvalue weighted by molar-refractivity contribution is 0.0600. The van der Waals surface area contributed by atoms with E-state index in [9.17, 15) is 4.79 Å². The Hall–Kier alpha value is -2.96. The number of anilines is 1. The summed E-state index contributed by atoms with van der Waals surface area (Å²) in [5, 5.41) is 4.40. The average molecular weight is 351 g/mol. The van der Waals surface area contributed by atoms with Crippen LogP contribution >= 0.6 is 0 Å². The standard InChI is InChI=1S/C19H21N5O2/c1-13-16(11-14-5-7-15(8-6-14)18(25)26-2)17(23-9-3-4-10-23)24-19(22-13)20-12-21-24/h5-8,12H,3-4,9-11H2,1-2H3. The van der Waals surface area contributed by atoms with Crippen molar-refractivity contribution in [2.24, 2.45) is 0 Å². The molecular weight excluding hydrogens is 330 g/mol. The molecule has 3 heterocycles. The topological polar surface area (TPSA) is 72.6 Å². The first-order valence-electron chi connectivity index (χ1n) is 8.79. The molecule has 7 nitrogen and oxygen atoms in total. The average Bonchev–Trinajstić information content (AvgIpc) is 3.34. The normalized spacial score (nSPS) is 14.2. The number of esters is 1. The maximum absolute atomic E-state index is 11.6. The molecule has 7 heteroatoms. The number of hydrogen-bond donors (Lipinski definition) is 0. The third kappa shape index (κ3) is 2.89. The predicted octanol–water partition coefficient (Wildman–Crippen LogP) is 2.41. The number of fused-ring (bicyclic) bond motifs is 1. The molecule has 1 aliphatic rings. The van der Waals surface area contributed by atoms with Crippen molar-refractivity contribution in [3.8, 4) is 0 Å². The van der Waals surface area contributed by atoms with E-state index >= 15 is 0 Å². The predicted molar refractivity (Wildman–Crippen MR) is 97.6 cm³/mol. The van der Waals surface area contributed by atoms with Gasteiger partial charge >= 0.3 is 5.97 Å². The van der Waals surface area contributed by atoms with Crippen molar-refractivity contribution in [3.05, 3.63) is 53.0 Å². The molecule has 26 heavy (non-hydrogen) atoms. The lowest BCUT2D eigenvalue weighted by Crippen LogP contribution is -2.24. The van der Waals surface area contributed by atoms with E-state index in [-0.39, 0.29) is 5.97 Å². The Labute approximate surface area is 151 Å². The fourth-order valence-corrected chi connectivity index (χ4v) is 3.51. The maximum atomic E-state index is 11.6. The van der Waals surface area contributed by atoms with E-state index in [1.54, 1.807) is 18.5 Å². The SMILES string of the molecule is COC(=O)c1ccc(Cc2c(C)nc3ncnn3c2N2CCCC2)cc1. The molecule has 1 aromatic carbocycles. The van der Waals surface area contributed by atoms with Crippen LogP contribution in [0.5, 0.6) is 0 Å². The Bertz CT molecular complexity index is 942. The maximum Gasteiger partial charge on any atom is 0.337 e. The van der Waals surface area contributed by atoms with Crippen LogP contribution in [0, 0.1) is 6.92 Å². The summed E-state index contributed by atoms with van der Waals surface area (Å²) >= 11 is 0. The van der Waals surface area contributed by atoms with Gasteiger partial charge in [0.2, 0.25) is 0 Å². The smallest absolute Gasteiger partial charge is 0.337 e. The van der Waals surface area contributed by atoms with Gasteiger partial charge in [-0.15, -0.1) is 0 Å². The molecular formula is C19H21N5O2. The van der Waals surface area contributed by atoms with Gasteiger partial charge in [-0.2, -0.15) is 14.6 Å². The molecule has 2 aromatic heterocycles.